The van der Waals surface area contributed by atoms with Gasteiger partial charge in [0.05, 0.1) is 10.0 Å². The second-order valence-electron chi connectivity index (χ2n) is 4.61. The van der Waals surface area contributed by atoms with Crippen LogP contribution in [0.5, 0.6) is 0 Å². The van der Waals surface area contributed by atoms with Crippen LogP contribution >= 0.6 is 23.2 Å². The second-order valence-corrected chi connectivity index (χ2v) is 5.40. The SMILES string of the molecule is OC(c1cccc(Cl)c1Cl)c1cccc2ccccc12. The Morgan fingerprint density at radius 1 is 0.750 bits per heavy atom. The van der Waals surface area contributed by atoms with Gasteiger partial charge in [-0.25, -0.2) is 0 Å². The van der Waals surface area contributed by atoms with Crippen molar-refractivity contribution in [3.8, 4) is 0 Å². The van der Waals surface area contributed by atoms with Crippen LogP contribution in [0.4, 0.5) is 0 Å². The number of rotatable bonds is 2. The standard InChI is InChI=1S/C17H12Cl2O/c18-15-10-4-9-14(16(15)19)17(20)13-8-3-6-11-5-1-2-7-12(11)13/h1-10,17,20H. The maximum atomic E-state index is 10.7. The molecule has 3 aromatic carbocycles. The Morgan fingerprint density at radius 2 is 1.40 bits per heavy atom. The number of benzene rings is 3. The molecule has 1 unspecified atom stereocenters. The molecule has 0 aromatic heterocycles. The fourth-order valence-corrected chi connectivity index (χ4v) is 2.80. The van der Waals surface area contributed by atoms with E-state index in [-0.39, 0.29) is 0 Å². The summed E-state index contributed by atoms with van der Waals surface area (Å²) in [5.41, 5.74) is 1.45. The highest BCUT2D eigenvalue weighted by Crippen LogP contribution is 2.35. The van der Waals surface area contributed by atoms with Crippen molar-refractivity contribution in [2.75, 3.05) is 0 Å². The molecular formula is C17H12Cl2O. The minimum atomic E-state index is -0.799. The third-order valence-corrected chi connectivity index (χ3v) is 4.23. The van der Waals surface area contributed by atoms with Crippen LogP contribution in [0.15, 0.2) is 60.7 Å². The van der Waals surface area contributed by atoms with Crippen molar-refractivity contribution in [3.05, 3.63) is 81.8 Å². The van der Waals surface area contributed by atoms with E-state index in [9.17, 15) is 5.11 Å². The van der Waals surface area contributed by atoms with E-state index in [2.05, 4.69) is 0 Å². The zero-order valence-electron chi connectivity index (χ0n) is 10.6. The molecule has 0 amide bonds. The van der Waals surface area contributed by atoms with Crippen molar-refractivity contribution in [1.82, 2.24) is 0 Å². The van der Waals surface area contributed by atoms with E-state index in [1.807, 2.05) is 42.5 Å². The molecule has 0 saturated carbocycles. The van der Waals surface area contributed by atoms with E-state index in [1.165, 1.54) is 0 Å². The molecule has 0 radical (unpaired) electrons. The van der Waals surface area contributed by atoms with Crippen molar-refractivity contribution in [3.63, 3.8) is 0 Å². The average molecular weight is 303 g/mol. The predicted octanol–water partition coefficient (Wildman–Crippen LogP) is 5.23. The van der Waals surface area contributed by atoms with Gasteiger partial charge in [0, 0.05) is 5.56 Å². The molecule has 0 spiro atoms. The third kappa shape index (κ3) is 2.29. The van der Waals surface area contributed by atoms with E-state index in [0.717, 1.165) is 16.3 Å². The Morgan fingerprint density at radius 3 is 2.25 bits per heavy atom. The van der Waals surface area contributed by atoms with Crippen molar-refractivity contribution >= 4 is 34.0 Å². The number of hydrogen-bond donors (Lipinski definition) is 1. The maximum absolute atomic E-state index is 10.7. The van der Waals surface area contributed by atoms with Gasteiger partial charge < -0.3 is 5.11 Å². The first-order chi connectivity index (χ1) is 9.68. The Balaban J connectivity index is 2.18. The van der Waals surface area contributed by atoms with Gasteiger partial charge in [-0.15, -0.1) is 0 Å². The first-order valence-corrected chi connectivity index (χ1v) is 7.03. The van der Waals surface area contributed by atoms with Crippen LogP contribution in [-0.2, 0) is 0 Å². The van der Waals surface area contributed by atoms with Gasteiger partial charge >= 0.3 is 0 Å². The molecule has 1 N–H and O–H groups in total. The van der Waals surface area contributed by atoms with Crippen molar-refractivity contribution in [1.29, 1.82) is 0 Å². The lowest BCUT2D eigenvalue weighted by atomic mass is 9.96. The Kier molecular flexibility index (Phi) is 3.66. The maximum Gasteiger partial charge on any atom is 0.106 e. The predicted molar refractivity (Wildman–Crippen MR) is 84.5 cm³/mol. The zero-order valence-corrected chi connectivity index (χ0v) is 12.1. The van der Waals surface area contributed by atoms with Gasteiger partial charge in [-0.1, -0.05) is 77.8 Å². The van der Waals surface area contributed by atoms with E-state index in [1.54, 1.807) is 18.2 Å². The van der Waals surface area contributed by atoms with Crippen LogP contribution in [0.25, 0.3) is 10.8 Å². The largest absolute Gasteiger partial charge is 0.384 e. The molecule has 0 bridgehead atoms. The Hall–Kier alpha value is -1.54. The summed E-state index contributed by atoms with van der Waals surface area (Å²) in [6.07, 6.45) is -0.799. The molecule has 0 saturated heterocycles. The van der Waals surface area contributed by atoms with Crippen molar-refractivity contribution < 1.29 is 5.11 Å². The summed E-state index contributed by atoms with van der Waals surface area (Å²) < 4.78 is 0. The van der Waals surface area contributed by atoms with Gasteiger partial charge in [-0.05, 0) is 22.4 Å². The molecule has 3 heteroatoms. The minimum absolute atomic E-state index is 0.398. The monoisotopic (exact) mass is 302 g/mol. The summed E-state index contributed by atoms with van der Waals surface area (Å²) in [4.78, 5) is 0. The fraction of sp³-hybridized carbons (Fsp3) is 0.0588. The number of aliphatic hydroxyl groups excluding tert-OH is 1. The average Bonchev–Trinajstić information content (AvgIpc) is 2.49. The van der Waals surface area contributed by atoms with Crippen LogP contribution in [-0.4, -0.2) is 5.11 Å². The third-order valence-electron chi connectivity index (χ3n) is 3.39. The lowest BCUT2D eigenvalue weighted by molar-refractivity contribution is 0.222. The number of fused-ring (bicyclic) bond motifs is 1. The highest BCUT2D eigenvalue weighted by molar-refractivity contribution is 6.42. The summed E-state index contributed by atoms with van der Waals surface area (Å²) in [6.45, 7) is 0. The lowest BCUT2D eigenvalue weighted by Gasteiger charge is -2.16. The molecule has 20 heavy (non-hydrogen) atoms. The van der Waals surface area contributed by atoms with Crippen LogP contribution in [0.3, 0.4) is 0 Å². The van der Waals surface area contributed by atoms with Crippen LogP contribution < -0.4 is 0 Å². The summed E-state index contributed by atoms with van der Waals surface area (Å²) in [6, 6.07) is 19.1. The van der Waals surface area contributed by atoms with Crippen LogP contribution in [0.1, 0.15) is 17.2 Å². The van der Waals surface area contributed by atoms with Crippen LogP contribution in [0, 0.1) is 0 Å². The molecule has 0 aliphatic carbocycles. The smallest absolute Gasteiger partial charge is 0.106 e. The van der Waals surface area contributed by atoms with E-state index < -0.39 is 6.10 Å². The summed E-state index contributed by atoms with van der Waals surface area (Å²) >= 11 is 12.2. The molecule has 0 fully saturated rings. The zero-order chi connectivity index (χ0) is 14.1. The lowest BCUT2D eigenvalue weighted by Crippen LogP contribution is -2.01. The molecule has 0 aliphatic heterocycles. The first kappa shape index (κ1) is 13.4. The molecule has 3 aromatic rings. The quantitative estimate of drug-likeness (QED) is 0.687. The first-order valence-electron chi connectivity index (χ1n) is 6.28. The molecule has 3 rings (SSSR count). The highest BCUT2D eigenvalue weighted by Gasteiger charge is 2.17. The second kappa shape index (κ2) is 5.45. The Labute approximate surface area is 127 Å². The molecule has 1 nitrogen and oxygen atoms in total. The number of hydrogen-bond acceptors (Lipinski definition) is 1. The normalized spacial score (nSPS) is 12.6. The molecule has 100 valence electrons. The Bertz CT molecular complexity index is 763. The molecule has 1 atom stereocenters. The van der Waals surface area contributed by atoms with Crippen molar-refractivity contribution in [2.24, 2.45) is 0 Å². The minimum Gasteiger partial charge on any atom is -0.384 e. The summed E-state index contributed by atoms with van der Waals surface area (Å²) in [5, 5.41) is 13.6. The van der Waals surface area contributed by atoms with Crippen molar-refractivity contribution in [2.45, 2.75) is 6.10 Å². The van der Waals surface area contributed by atoms with Gasteiger partial charge in [0.25, 0.3) is 0 Å². The van der Waals surface area contributed by atoms with Gasteiger partial charge in [-0.2, -0.15) is 0 Å². The number of halogens is 2. The summed E-state index contributed by atoms with van der Waals surface area (Å²) in [7, 11) is 0. The van der Waals surface area contributed by atoms with E-state index in [0.29, 0.717) is 15.6 Å². The van der Waals surface area contributed by atoms with Gasteiger partial charge in [0.2, 0.25) is 0 Å². The topological polar surface area (TPSA) is 20.2 Å². The van der Waals surface area contributed by atoms with Crippen LogP contribution in [0.2, 0.25) is 10.0 Å². The van der Waals surface area contributed by atoms with Gasteiger partial charge in [0.1, 0.15) is 6.10 Å². The van der Waals surface area contributed by atoms with E-state index >= 15 is 0 Å². The van der Waals surface area contributed by atoms with E-state index in [4.69, 9.17) is 23.2 Å². The van der Waals surface area contributed by atoms with Gasteiger partial charge in [0.15, 0.2) is 0 Å². The fourth-order valence-electron chi connectivity index (χ4n) is 2.39. The molecular weight excluding hydrogens is 291 g/mol. The van der Waals surface area contributed by atoms with Gasteiger partial charge in [-0.3, -0.25) is 0 Å². The summed E-state index contributed by atoms with van der Waals surface area (Å²) in [5.74, 6) is 0. The number of aliphatic hydroxyl groups is 1. The molecule has 0 aliphatic rings. The highest BCUT2D eigenvalue weighted by atomic mass is 35.5. The molecule has 0 heterocycles.